The van der Waals surface area contributed by atoms with E-state index in [0.29, 0.717) is 60.7 Å². The molecule has 2 heterocycles. The number of furan rings is 1. The van der Waals surface area contributed by atoms with Gasteiger partial charge in [-0.1, -0.05) is 18.2 Å². The van der Waals surface area contributed by atoms with Crippen LogP contribution in [-0.2, 0) is 17.8 Å². The maximum absolute atomic E-state index is 14.5. The first-order chi connectivity index (χ1) is 15.5. The lowest BCUT2D eigenvalue weighted by atomic mass is 10.1. The topological polar surface area (TPSA) is 65.7 Å². The molecule has 1 fully saturated rings. The Morgan fingerprint density at radius 3 is 2.59 bits per heavy atom. The van der Waals surface area contributed by atoms with E-state index in [4.69, 9.17) is 4.42 Å². The van der Waals surface area contributed by atoms with Crippen LogP contribution in [0.3, 0.4) is 0 Å². The van der Waals surface area contributed by atoms with Gasteiger partial charge in [-0.25, -0.2) is 8.78 Å². The van der Waals surface area contributed by atoms with Crippen LogP contribution in [0.4, 0.5) is 14.5 Å². The molecule has 2 aromatic carbocycles. The number of benzene rings is 2. The molecular weight excluding hydrogens is 414 g/mol. The lowest BCUT2D eigenvalue weighted by molar-refractivity contribution is -0.121. The number of nitrogens with one attached hydrogen (secondary N) is 1. The maximum atomic E-state index is 14.5. The number of aliphatic hydroxyl groups excluding tert-OH is 1. The fraction of sp³-hybridized carbons (Fsp3) is 0.320. The number of halogens is 2. The lowest BCUT2D eigenvalue weighted by Gasteiger charge is -2.31. The molecule has 1 aromatic heterocycles. The first kappa shape index (κ1) is 22.0. The number of carbonyl (C=O) groups is 1. The monoisotopic (exact) mass is 440 g/mol. The van der Waals surface area contributed by atoms with Gasteiger partial charge in [0.25, 0.3) is 0 Å². The van der Waals surface area contributed by atoms with Crippen molar-refractivity contribution < 1.29 is 23.1 Å². The van der Waals surface area contributed by atoms with Crippen molar-refractivity contribution in [1.29, 1.82) is 0 Å². The number of carbonyl (C=O) groups excluding carboxylic acids is 1. The van der Waals surface area contributed by atoms with Crippen molar-refractivity contribution in [1.82, 2.24) is 5.32 Å². The predicted octanol–water partition coefficient (Wildman–Crippen LogP) is 4.43. The first-order valence-corrected chi connectivity index (χ1v) is 10.8. The number of piperidine rings is 1. The largest absolute Gasteiger partial charge is 0.461 e. The summed E-state index contributed by atoms with van der Waals surface area (Å²) in [6, 6.07) is 14.8. The van der Waals surface area contributed by atoms with Gasteiger partial charge in [0.1, 0.15) is 23.2 Å². The Kier molecular flexibility index (Phi) is 6.85. The van der Waals surface area contributed by atoms with Crippen molar-refractivity contribution in [3.8, 4) is 11.3 Å². The molecule has 1 aliphatic heterocycles. The molecule has 0 spiro atoms. The van der Waals surface area contributed by atoms with Gasteiger partial charge in [-0.05, 0) is 54.8 Å². The van der Waals surface area contributed by atoms with Crippen molar-refractivity contribution in [3.05, 3.63) is 77.6 Å². The third-order valence-corrected chi connectivity index (χ3v) is 5.71. The Morgan fingerprint density at radius 2 is 1.84 bits per heavy atom. The van der Waals surface area contributed by atoms with Crippen LogP contribution >= 0.6 is 0 Å². The molecule has 32 heavy (non-hydrogen) atoms. The Balaban J connectivity index is 1.26. The summed E-state index contributed by atoms with van der Waals surface area (Å²) in [5.41, 5.74) is 1.58. The fourth-order valence-corrected chi connectivity index (χ4v) is 3.87. The zero-order valence-corrected chi connectivity index (χ0v) is 17.7. The highest BCUT2D eigenvalue weighted by atomic mass is 19.1. The molecule has 3 aromatic rings. The molecule has 2 N–H and O–H groups in total. The average Bonchev–Trinajstić information content (AvgIpc) is 3.26. The molecule has 5 nitrogen and oxygen atoms in total. The number of aliphatic hydroxyl groups is 1. The van der Waals surface area contributed by atoms with Crippen molar-refractivity contribution in [2.75, 3.05) is 18.0 Å². The van der Waals surface area contributed by atoms with Gasteiger partial charge in [-0.3, -0.25) is 4.79 Å². The molecular formula is C25H26F2N2O3. The van der Waals surface area contributed by atoms with Gasteiger partial charge >= 0.3 is 0 Å². The first-order valence-electron chi connectivity index (χ1n) is 10.8. The van der Waals surface area contributed by atoms with E-state index in [9.17, 15) is 18.7 Å². The van der Waals surface area contributed by atoms with Crippen LogP contribution in [0.2, 0.25) is 0 Å². The number of amides is 1. The lowest BCUT2D eigenvalue weighted by Crippen LogP contribution is -2.36. The number of nitrogens with zero attached hydrogens (tertiary/aromatic N) is 1. The molecule has 7 heteroatoms. The molecule has 0 atom stereocenters. The highest BCUT2D eigenvalue weighted by Gasteiger charge is 2.19. The summed E-state index contributed by atoms with van der Waals surface area (Å²) in [6.07, 6.45) is 1.55. The van der Waals surface area contributed by atoms with E-state index < -0.39 is 0 Å². The molecule has 0 unspecified atom stereocenters. The van der Waals surface area contributed by atoms with E-state index >= 15 is 0 Å². The fourth-order valence-electron chi connectivity index (χ4n) is 3.87. The Hall–Kier alpha value is -3.19. The van der Waals surface area contributed by atoms with E-state index in [-0.39, 0.29) is 36.6 Å². The molecule has 168 valence electrons. The van der Waals surface area contributed by atoms with E-state index in [2.05, 4.69) is 5.32 Å². The van der Waals surface area contributed by atoms with E-state index in [1.165, 1.54) is 12.1 Å². The van der Waals surface area contributed by atoms with Crippen LogP contribution in [0.25, 0.3) is 11.3 Å². The van der Waals surface area contributed by atoms with Crippen LogP contribution in [0, 0.1) is 11.6 Å². The van der Waals surface area contributed by atoms with Crippen LogP contribution in [0.5, 0.6) is 0 Å². The van der Waals surface area contributed by atoms with Gasteiger partial charge in [-0.15, -0.1) is 0 Å². The molecule has 0 bridgehead atoms. The number of hydrogen-bond donors (Lipinski definition) is 2. The summed E-state index contributed by atoms with van der Waals surface area (Å²) in [6.45, 7) is 1.48. The van der Waals surface area contributed by atoms with Crippen LogP contribution in [0.1, 0.15) is 30.6 Å². The number of aryl methyl sites for hydroxylation is 1. The number of hydrogen-bond acceptors (Lipinski definition) is 4. The zero-order valence-electron chi connectivity index (χ0n) is 17.7. The summed E-state index contributed by atoms with van der Waals surface area (Å²) in [4.78, 5) is 14.1. The van der Waals surface area contributed by atoms with Gasteiger partial charge in [-0.2, -0.15) is 0 Å². The molecule has 1 saturated heterocycles. The number of rotatable bonds is 7. The third kappa shape index (κ3) is 5.34. The quantitative estimate of drug-likeness (QED) is 0.570. The summed E-state index contributed by atoms with van der Waals surface area (Å²) in [7, 11) is 0. The molecule has 1 aliphatic rings. The van der Waals surface area contributed by atoms with Crippen molar-refractivity contribution in [3.63, 3.8) is 0 Å². The predicted molar refractivity (Wildman–Crippen MR) is 118 cm³/mol. The maximum Gasteiger partial charge on any atom is 0.220 e. The minimum Gasteiger partial charge on any atom is -0.461 e. The minimum absolute atomic E-state index is 0.177. The zero-order chi connectivity index (χ0) is 22.5. The highest BCUT2D eigenvalue weighted by Crippen LogP contribution is 2.26. The second kappa shape index (κ2) is 9.96. The summed E-state index contributed by atoms with van der Waals surface area (Å²) >= 11 is 0. The Bertz CT molecular complexity index is 1070. The Labute approximate surface area is 185 Å². The molecule has 0 aliphatic carbocycles. The summed E-state index contributed by atoms with van der Waals surface area (Å²) in [5.74, 6) is 0.160. The number of anilines is 1. The molecule has 0 saturated carbocycles. The van der Waals surface area contributed by atoms with Gasteiger partial charge in [0.2, 0.25) is 5.91 Å². The van der Waals surface area contributed by atoms with E-state index in [1.807, 2.05) is 4.90 Å². The second-order valence-corrected chi connectivity index (χ2v) is 8.03. The SMILES string of the molecule is O=C(CCc1ccc(-c2ccccc2F)o1)NCc1ccc(N2CCC(O)CC2)c(F)c1. The normalized spacial score (nSPS) is 14.5. The highest BCUT2D eigenvalue weighted by molar-refractivity contribution is 5.76. The van der Waals surface area contributed by atoms with Crippen molar-refractivity contribution >= 4 is 11.6 Å². The van der Waals surface area contributed by atoms with Crippen LogP contribution in [-0.4, -0.2) is 30.2 Å². The second-order valence-electron chi connectivity index (χ2n) is 8.03. The smallest absolute Gasteiger partial charge is 0.220 e. The standard InChI is InChI=1S/C25H26F2N2O3/c26-21-4-2-1-3-20(21)24-9-6-19(32-24)7-10-25(31)28-16-17-5-8-23(22(27)15-17)29-13-11-18(30)12-14-29/h1-6,8-9,15,18,30H,7,10-14,16H2,(H,28,31). The van der Waals surface area contributed by atoms with Crippen LogP contribution in [0.15, 0.2) is 59.0 Å². The molecule has 4 rings (SSSR count). The Morgan fingerprint density at radius 1 is 1.06 bits per heavy atom. The van der Waals surface area contributed by atoms with E-state index in [1.54, 1.807) is 42.5 Å². The van der Waals surface area contributed by atoms with Crippen LogP contribution < -0.4 is 10.2 Å². The summed E-state index contributed by atoms with van der Waals surface area (Å²) in [5, 5.41) is 12.4. The van der Waals surface area contributed by atoms with Crippen molar-refractivity contribution in [2.24, 2.45) is 0 Å². The average molecular weight is 440 g/mol. The van der Waals surface area contributed by atoms with Gasteiger partial charge in [0.15, 0.2) is 0 Å². The third-order valence-electron chi connectivity index (χ3n) is 5.71. The van der Waals surface area contributed by atoms with Gasteiger partial charge in [0, 0.05) is 32.5 Å². The minimum atomic E-state index is -0.359. The van der Waals surface area contributed by atoms with Crippen molar-refractivity contribution in [2.45, 2.75) is 38.3 Å². The molecule has 0 radical (unpaired) electrons. The van der Waals surface area contributed by atoms with Gasteiger partial charge in [0.05, 0.1) is 17.4 Å². The van der Waals surface area contributed by atoms with E-state index in [0.717, 1.165) is 0 Å². The molecule has 1 amide bonds. The summed E-state index contributed by atoms with van der Waals surface area (Å²) < 4.78 is 34.1. The van der Waals surface area contributed by atoms with Gasteiger partial charge < -0.3 is 19.7 Å².